The standard InChI is InChI=1S/C19H19ClO4.C14H11ClO3/c1-3-24-19(22)11-10-17(21)16-9-6-14(12-18(16)23-2)13-4-7-15(20)8-5-13;1-18-13-8-10(4-7-12(13)14(16)17)9-2-5-11(15)6-3-9/h4-9,12H,3,10-11H2,1-2H3;2-8H,1H3,(H,16,17). The molecule has 4 rings (SSSR count). The summed E-state index contributed by atoms with van der Waals surface area (Å²) in [6.07, 6.45) is 0.157. The molecule has 1 N–H and O–H groups in total. The fraction of sp³-hybridized carbons (Fsp3) is 0.182. The van der Waals surface area contributed by atoms with Crippen molar-refractivity contribution >= 4 is 40.9 Å². The molecule has 0 aliphatic rings. The quantitative estimate of drug-likeness (QED) is 0.143. The predicted octanol–water partition coefficient (Wildman–Crippen LogP) is 8.26. The number of carbonyl (C=O) groups excluding carboxylic acids is 2. The maximum atomic E-state index is 12.3. The third-order valence-electron chi connectivity index (χ3n) is 6.15. The van der Waals surface area contributed by atoms with Crippen molar-refractivity contribution in [2.45, 2.75) is 19.8 Å². The maximum Gasteiger partial charge on any atom is 0.339 e. The highest BCUT2D eigenvalue weighted by atomic mass is 35.5. The van der Waals surface area contributed by atoms with Crippen molar-refractivity contribution in [2.24, 2.45) is 0 Å². The minimum Gasteiger partial charge on any atom is -0.496 e. The summed E-state index contributed by atoms with van der Waals surface area (Å²) < 4.78 is 15.3. The number of esters is 1. The summed E-state index contributed by atoms with van der Waals surface area (Å²) >= 11 is 11.7. The number of benzene rings is 4. The summed E-state index contributed by atoms with van der Waals surface area (Å²) in [7, 11) is 2.97. The number of hydrogen-bond acceptors (Lipinski definition) is 6. The van der Waals surface area contributed by atoms with Gasteiger partial charge in [0.05, 0.1) is 32.8 Å². The van der Waals surface area contributed by atoms with E-state index in [0.29, 0.717) is 33.7 Å². The maximum absolute atomic E-state index is 12.3. The highest BCUT2D eigenvalue weighted by Crippen LogP contribution is 2.30. The minimum atomic E-state index is -1.01. The molecule has 0 radical (unpaired) electrons. The molecule has 218 valence electrons. The second-order valence-electron chi connectivity index (χ2n) is 8.88. The van der Waals surface area contributed by atoms with E-state index in [-0.39, 0.29) is 30.2 Å². The molecule has 0 unspecified atom stereocenters. The largest absolute Gasteiger partial charge is 0.496 e. The smallest absolute Gasteiger partial charge is 0.339 e. The van der Waals surface area contributed by atoms with Crippen LogP contribution >= 0.6 is 23.2 Å². The summed E-state index contributed by atoms with van der Waals surface area (Å²) in [5, 5.41) is 10.3. The molecular weight excluding hydrogens is 579 g/mol. The fourth-order valence-corrected chi connectivity index (χ4v) is 4.27. The van der Waals surface area contributed by atoms with Crippen LogP contribution in [0.5, 0.6) is 11.5 Å². The molecular formula is C33H30Cl2O7. The Balaban J connectivity index is 0.000000240. The fourth-order valence-electron chi connectivity index (χ4n) is 4.02. The van der Waals surface area contributed by atoms with Gasteiger partial charge in [0, 0.05) is 16.5 Å². The minimum absolute atomic E-state index is 0.0642. The van der Waals surface area contributed by atoms with Gasteiger partial charge in [-0.2, -0.15) is 0 Å². The molecule has 4 aromatic carbocycles. The van der Waals surface area contributed by atoms with Crippen molar-refractivity contribution in [1.29, 1.82) is 0 Å². The zero-order valence-electron chi connectivity index (χ0n) is 23.4. The first-order valence-corrected chi connectivity index (χ1v) is 13.7. The molecule has 0 heterocycles. The van der Waals surface area contributed by atoms with Crippen LogP contribution in [-0.2, 0) is 9.53 Å². The van der Waals surface area contributed by atoms with Crippen LogP contribution in [0.1, 0.15) is 40.5 Å². The Morgan fingerprint density at radius 3 is 1.50 bits per heavy atom. The Hall–Kier alpha value is -4.33. The van der Waals surface area contributed by atoms with Gasteiger partial charge in [0.15, 0.2) is 5.78 Å². The van der Waals surface area contributed by atoms with E-state index in [9.17, 15) is 14.4 Å². The molecule has 0 fully saturated rings. The van der Waals surface area contributed by atoms with Crippen molar-refractivity contribution < 1.29 is 33.7 Å². The second kappa shape index (κ2) is 15.6. The van der Waals surface area contributed by atoms with Crippen LogP contribution in [0.25, 0.3) is 22.3 Å². The summed E-state index contributed by atoms with van der Waals surface area (Å²) in [5.41, 5.74) is 4.34. The van der Waals surface area contributed by atoms with Crippen LogP contribution in [0.3, 0.4) is 0 Å². The summed E-state index contributed by atoms with van der Waals surface area (Å²) in [5.74, 6) is -0.703. The lowest BCUT2D eigenvalue weighted by molar-refractivity contribution is -0.143. The molecule has 0 aliphatic heterocycles. The number of halogens is 2. The normalized spacial score (nSPS) is 10.2. The van der Waals surface area contributed by atoms with Gasteiger partial charge >= 0.3 is 11.9 Å². The van der Waals surface area contributed by atoms with Crippen molar-refractivity contribution in [3.8, 4) is 33.8 Å². The summed E-state index contributed by atoms with van der Waals surface area (Å²) in [4.78, 5) is 34.7. The van der Waals surface area contributed by atoms with Gasteiger partial charge in [0.25, 0.3) is 0 Å². The molecule has 42 heavy (non-hydrogen) atoms. The summed E-state index contributed by atoms with van der Waals surface area (Å²) in [6, 6.07) is 25.1. The number of carbonyl (C=O) groups is 3. The third kappa shape index (κ3) is 8.83. The zero-order valence-corrected chi connectivity index (χ0v) is 24.9. The first kappa shape index (κ1) is 32.2. The molecule has 0 saturated carbocycles. The molecule has 4 aromatic rings. The highest BCUT2D eigenvalue weighted by Gasteiger charge is 2.16. The van der Waals surface area contributed by atoms with Crippen molar-refractivity contribution in [3.05, 3.63) is 106 Å². The van der Waals surface area contributed by atoms with Gasteiger partial charge in [0.1, 0.15) is 17.1 Å². The van der Waals surface area contributed by atoms with Gasteiger partial charge in [-0.05, 0) is 77.7 Å². The Morgan fingerprint density at radius 2 is 1.07 bits per heavy atom. The van der Waals surface area contributed by atoms with E-state index in [1.807, 2.05) is 42.5 Å². The molecule has 9 heteroatoms. The Morgan fingerprint density at radius 1 is 0.643 bits per heavy atom. The van der Waals surface area contributed by atoms with E-state index in [4.69, 9.17) is 42.5 Å². The molecule has 0 spiro atoms. The Bertz CT molecular complexity index is 1530. The number of methoxy groups -OCH3 is 2. The van der Waals surface area contributed by atoms with Gasteiger partial charge in [-0.3, -0.25) is 9.59 Å². The number of ether oxygens (including phenoxy) is 3. The van der Waals surface area contributed by atoms with Gasteiger partial charge in [-0.1, -0.05) is 59.6 Å². The van der Waals surface area contributed by atoms with Gasteiger partial charge in [-0.15, -0.1) is 0 Å². The van der Waals surface area contributed by atoms with Gasteiger partial charge in [0.2, 0.25) is 0 Å². The van der Waals surface area contributed by atoms with E-state index >= 15 is 0 Å². The monoisotopic (exact) mass is 608 g/mol. The molecule has 0 amide bonds. The number of hydrogen-bond donors (Lipinski definition) is 1. The molecule has 7 nitrogen and oxygen atoms in total. The number of Topliss-reactive ketones (excluding diaryl/α,β-unsaturated/α-hetero) is 1. The number of ketones is 1. The zero-order chi connectivity index (χ0) is 30.6. The van der Waals surface area contributed by atoms with Crippen LogP contribution < -0.4 is 9.47 Å². The van der Waals surface area contributed by atoms with Gasteiger partial charge < -0.3 is 19.3 Å². The van der Waals surface area contributed by atoms with Crippen molar-refractivity contribution in [3.63, 3.8) is 0 Å². The van der Waals surface area contributed by atoms with E-state index in [0.717, 1.165) is 22.3 Å². The molecule has 0 saturated heterocycles. The van der Waals surface area contributed by atoms with E-state index in [2.05, 4.69) is 0 Å². The van der Waals surface area contributed by atoms with Crippen LogP contribution in [0.4, 0.5) is 0 Å². The topological polar surface area (TPSA) is 99.1 Å². The van der Waals surface area contributed by atoms with Crippen LogP contribution in [0, 0.1) is 0 Å². The number of aromatic carboxylic acids is 1. The Labute approximate surface area is 254 Å². The van der Waals surface area contributed by atoms with E-state index < -0.39 is 5.97 Å². The lowest BCUT2D eigenvalue weighted by atomic mass is 9.99. The van der Waals surface area contributed by atoms with Crippen LogP contribution in [0.2, 0.25) is 10.0 Å². The first-order valence-electron chi connectivity index (χ1n) is 13.0. The summed E-state index contributed by atoms with van der Waals surface area (Å²) in [6.45, 7) is 2.05. The third-order valence-corrected chi connectivity index (χ3v) is 6.65. The second-order valence-corrected chi connectivity index (χ2v) is 9.75. The van der Waals surface area contributed by atoms with Crippen LogP contribution in [-0.4, -0.2) is 43.7 Å². The van der Waals surface area contributed by atoms with Gasteiger partial charge in [-0.25, -0.2) is 4.79 Å². The Kier molecular flexibility index (Phi) is 12.0. The van der Waals surface area contributed by atoms with Crippen molar-refractivity contribution in [1.82, 2.24) is 0 Å². The number of carboxylic acid groups (broad SMARTS) is 1. The molecule has 0 aliphatic carbocycles. The number of carboxylic acids is 1. The number of rotatable bonds is 10. The predicted molar refractivity (Wildman–Crippen MR) is 164 cm³/mol. The van der Waals surface area contributed by atoms with E-state index in [1.54, 1.807) is 43.3 Å². The first-order chi connectivity index (χ1) is 20.2. The average molecular weight is 610 g/mol. The molecule has 0 aromatic heterocycles. The lowest BCUT2D eigenvalue weighted by Crippen LogP contribution is -2.09. The average Bonchev–Trinajstić information content (AvgIpc) is 3.00. The molecule has 0 atom stereocenters. The van der Waals surface area contributed by atoms with E-state index in [1.165, 1.54) is 20.3 Å². The highest BCUT2D eigenvalue weighted by molar-refractivity contribution is 6.30. The lowest BCUT2D eigenvalue weighted by Gasteiger charge is -2.10. The SMILES string of the molecule is CCOC(=O)CCC(=O)c1ccc(-c2ccc(Cl)cc2)cc1OC.COc1cc(-c2ccc(Cl)cc2)ccc1C(=O)O. The van der Waals surface area contributed by atoms with Crippen molar-refractivity contribution in [2.75, 3.05) is 20.8 Å². The van der Waals surface area contributed by atoms with Crippen LogP contribution in [0.15, 0.2) is 84.9 Å². The molecule has 0 bridgehead atoms.